The summed E-state index contributed by atoms with van der Waals surface area (Å²) in [5.41, 5.74) is 0.980. The molecule has 2 N–H and O–H groups in total. The number of benzene rings is 2. The van der Waals surface area contributed by atoms with Gasteiger partial charge in [-0.1, -0.05) is 18.2 Å². The third-order valence-electron chi connectivity index (χ3n) is 3.09. The van der Waals surface area contributed by atoms with E-state index >= 15 is 0 Å². The summed E-state index contributed by atoms with van der Waals surface area (Å²) in [5, 5.41) is 16.1. The highest BCUT2D eigenvalue weighted by molar-refractivity contribution is 5.94. The number of amides is 1. The number of anilines is 2. The molecule has 0 aliphatic carbocycles. The smallest absolute Gasteiger partial charge is 0.274 e. The number of nitrogens with zero attached hydrogens (tertiary/aromatic N) is 1. The summed E-state index contributed by atoms with van der Waals surface area (Å²) < 4.78 is 13.4. The highest BCUT2D eigenvalue weighted by Crippen LogP contribution is 2.24. The van der Waals surface area contributed by atoms with Gasteiger partial charge in [0.05, 0.1) is 17.2 Å². The largest absolute Gasteiger partial charge is 0.376 e. The second-order valence-electron chi connectivity index (χ2n) is 4.59. The van der Waals surface area contributed by atoms with Crippen LogP contribution in [0, 0.1) is 22.9 Å². The first-order valence-electron chi connectivity index (χ1n) is 6.51. The number of nitro benzene ring substituents is 1. The van der Waals surface area contributed by atoms with Crippen LogP contribution >= 0.6 is 0 Å². The number of rotatable bonds is 5. The predicted molar refractivity (Wildman–Crippen MR) is 81.4 cm³/mol. The van der Waals surface area contributed by atoms with Gasteiger partial charge in [-0.05, 0) is 25.1 Å². The Morgan fingerprint density at radius 1 is 1.18 bits per heavy atom. The van der Waals surface area contributed by atoms with Crippen LogP contribution in [0.3, 0.4) is 0 Å². The standard InChI is InChI=1S/C15H14FN3O3/c1-10-12(7-4-8-14(10)19(21)22)17-9-15(20)18-13-6-3-2-5-11(13)16/h2-8,17H,9H2,1H3,(H,18,20). The minimum atomic E-state index is -0.526. The van der Waals surface area contributed by atoms with E-state index in [4.69, 9.17) is 0 Å². The first-order chi connectivity index (χ1) is 10.5. The van der Waals surface area contributed by atoms with Crippen molar-refractivity contribution in [3.8, 4) is 0 Å². The van der Waals surface area contributed by atoms with Crippen molar-refractivity contribution in [2.75, 3.05) is 17.2 Å². The maximum Gasteiger partial charge on any atom is 0.274 e. The molecule has 0 fully saturated rings. The monoisotopic (exact) mass is 303 g/mol. The van der Waals surface area contributed by atoms with E-state index in [1.165, 1.54) is 30.3 Å². The Bertz CT molecular complexity index is 719. The lowest BCUT2D eigenvalue weighted by atomic mass is 10.1. The molecule has 22 heavy (non-hydrogen) atoms. The van der Waals surface area contributed by atoms with E-state index in [1.807, 2.05) is 0 Å². The number of nitrogens with one attached hydrogen (secondary N) is 2. The zero-order valence-corrected chi connectivity index (χ0v) is 11.8. The van der Waals surface area contributed by atoms with Gasteiger partial charge in [0.15, 0.2) is 0 Å². The van der Waals surface area contributed by atoms with E-state index in [0.29, 0.717) is 11.3 Å². The van der Waals surface area contributed by atoms with Crippen molar-refractivity contribution in [1.82, 2.24) is 0 Å². The lowest BCUT2D eigenvalue weighted by Crippen LogP contribution is -2.22. The zero-order chi connectivity index (χ0) is 16.1. The van der Waals surface area contributed by atoms with E-state index in [2.05, 4.69) is 10.6 Å². The average Bonchev–Trinajstić information content (AvgIpc) is 2.48. The van der Waals surface area contributed by atoms with Gasteiger partial charge in [0.2, 0.25) is 5.91 Å². The van der Waals surface area contributed by atoms with Crippen LogP contribution in [0.25, 0.3) is 0 Å². The van der Waals surface area contributed by atoms with E-state index in [9.17, 15) is 19.3 Å². The van der Waals surface area contributed by atoms with Gasteiger partial charge >= 0.3 is 0 Å². The van der Waals surface area contributed by atoms with Gasteiger partial charge in [0, 0.05) is 17.3 Å². The van der Waals surface area contributed by atoms with Crippen LogP contribution in [0.1, 0.15) is 5.56 Å². The Kier molecular flexibility index (Phi) is 4.67. The van der Waals surface area contributed by atoms with Gasteiger partial charge < -0.3 is 10.6 Å². The highest BCUT2D eigenvalue weighted by atomic mass is 19.1. The molecule has 7 heteroatoms. The molecule has 0 atom stereocenters. The van der Waals surface area contributed by atoms with E-state index < -0.39 is 16.6 Å². The summed E-state index contributed by atoms with van der Waals surface area (Å²) in [6.07, 6.45) is 0. The van der Waals surface area contributed by atoms with Gasteiger partial charge in [0.25, 0.3) is 5.69 Å². The van der Waals surface area contributed by atoms with Crippen molar-refractivity contribution < 1.29 is 14.1 Å². The number of carbonyl (C=O) groups is 1. The number of hydrogen-bond donors (Lipinski definition) is 2. The Hall–Kier alpha value is -2.96. The van der Waals surface area contributed by atoms with E-state index in [0.717, 1.165) is 0 Å². The van der Waals surface area contributed by atoms with Crippen molar-refractivity contribution in [2.24, 2.45) is 0 Å². The second-order valence-corrected chi connectivity index (χ2v) is 4.59. The number of carbonyl (C=O) groups excluding carboxylic acids is 1. The van der Waals surface area contributed by atoms with Gasteiger partial charge in [0.1, 0.15) is 5.82 Å². The van der Waals surface area contributed by atoms with Crippen LogP contribution in [0.15, 0.2) is 42.5 Å². The molecule has 0 aliphatic heterocycles. The van der Waals surface area contributed by atoms with Crippen LogP contribution in [-0.2, 0) is 4.79 Å². The van der Waals surface area contributed by atoms with Crippen LogP contribution < -0.4 is 10.6 Å². The minimum Gasteiger partial charge on any atom is -0.376 e. The number of para-hydroxylation sites is 1. The number of hydrogen-bond acceptors (Lipinski definition) is 4. The molecule has 2 aromatic carbocycles. The van der Waals surface area contributed by atoms with Crippen molar-refractivity contribution in [3.05, 3.63) is 64.0 Å². The quantitative estimate of drug-likeness (QED) is 0.656. The zero-order valence-electron chi connectivity index (χ0n) is 11.8. The fourth-order valence-electron chi connectivity index (χ4n) is 1.95. The first kappa shape index (κ1) is 15.4. The third-order valence-corrected chi connectivity index (χ3v) is 3.09. The van der Waals surface area contributed by atoms with Crippen molar-refractivity contribution in [2.45, 2.75) is 6.92 Å². The van der Waals surface area contributed by atoms with E-state index in [1.54, 1.807) is 19.1 Å². The maximum absolute atomic E-state index is 13.4. The molecule has 0 heterocycles. The summed E-state index contributed by atoms with van der Waals surface area (Å²) in [5.74, 6) is -0.974. The Morgan fingerprint density at radius 3 is 2.55 bits per heavy atom. The van der Waals surface area contributed by atoms with Crippen molar-refractivity contribution >= 4 is 23.0 Å². The molecular weight excluding hydrogens is 289 g/mol. The molecular formula is C15H14FN3O3. The minimum absolute atomic E-state index is 0.0282. The molecule has 0 saturated heterocycles. The molecule has 0 aliphatic rings. The maximum atomic E-state index is 13.4. The summed E-state index contributed by atoms with van der Waals surface area (Å²) in [6.45, 7) is 1.46. The van der Waals surface area contributed by atoms with E-state index in [-0.39, 0.29) is 17.9 Å². The molecule has 2 aromatic rings. The molecule has 0 saturated carbocycles. The van der Waals surface area contributed by atoms with Crippen LogP contribution in [0.2, 0.25) is 0 Å². The van der Waals surface area contributed by atoms with Crippen LogP contribution in [0.4, 0.5) is 21.5 Å². The van der Waals surface area contributed by atoms with Crippen molar-refractivity contribution in [3.63, 3.8) is 0 Å². The lowest BCUT2D eigenvalue weighted by molar-refractivity contribution is -0.385. The molecule has 2 rings (SSSR count). The summed E-state index contributed by atoms with van der Waals surface area (Å²) in [7, 11) is 0. The molecule has 1 amide bonds. The van der Waals surface area contributed by atoms with Gasteiger partial charge in [-0.25, -0.2) is 4.39 Å². The van der Waals surface area contributed by atoms with Crippen LogP contribution in [0.5, 0.6) is 0 Å². The van der Waals surface area contributed by atoms with Gasteiger partial charge in [-0.3, -0.25) is 14.9 Å². The van der Waals surface area contributed by atoms with Gasteiger partial charge in [-0.2, -0.15) is 0 Å². The Balaban J connectivity index is 2.02. The molecule has 0 aromatic heterocycles. The predicted octanol–water partition coefficient (Wildman–Crippen LogP) is 3.09. The van der Waals surface area contributed by atoms with Crippen LogP contribution in [-0.4, -0.2) is 17.4 Å². The van der Waals surface area contributed by atoms with Gasteiger partial charge in [-0.15, -0.1) is 0 Å². The molecule has 0 spiro atoms. The fourth-order valence-corrected chi connectivity index (χ4v) is 1.95. The lowest BCUT2D eigenvalue weighted by Gasteiger charge is -2.10. The molecule has 0 bridgehead atoms. The number of halogens is 1. The normalized spacial score (nSPS) is 10.1. The topological polar surface area (TPSA) is 84.3 Å². The third kappa shape index (κ3) is 3.57. The SMILES string of the molecule is Cc1c(NCC(=O)Nc2ccccc2F)cccc1[N+](=O)[O-]. The fraction of sp³-hybridized carbons (Fsp3) is 0.133. The Morgan fingerprint density at radius 2 is 1.86 bits per heavy atom. The summed E-state index contributed by atoms with van der Waals surface area (Å²) >= 11 is 0. The summed E-state index contributed by atoms with van der Waals surface area (Å²) in [6, 6.07) is 10.4. The molecule has 0 unspecified atom stereocenters. The highest BCUT2D eigenvalue weighted by Gasteiger charge is 2.14. The first-order valence-corrected chi connectivity index (χ1v) is 6.51. The summed E-state index contributed by atoms with van der Waals surface area (Å²) in [4.78, 5) is 22.2. The second kappa shape index (κ2) is 6.66. The molecule has 114 valence electrons. The molecule has 0 radical (unpaired) electrons. The average molecular weight is 303 g/mol. The Labute approximate surface area is 126 Å². The van der Waals surface area contributed by atoms with Crippen molar-refractivity contribution in [1.29, 1.82) is 0 Å². The molecule has 6 nitrogen and oxygen atoms in total. The number of nitro groups is 1.